The number of carboxylic acids is 1. The van der Waals surface area contributed by atoms with Gasteiger partial charge in [0.2, 0.25) is 0 Å². The van der Waals surface area contributed by atoms with Crippen LogP contribution in [0.2, 0.25) is 0 Å². The number of ether oxygens (including phenoxy) is 1. The first-order valence-electron chi connectivity index (χ1n) is 6.02. The van der Waals surface area contributed by atoms with Crippen LogP contribution in [0.25, 0.3) is 0 Å². The van der Waals surface area contributed by atoms with Crippen LogP contribution in [-0.4, -0.2) is 22.8 Å². The van der Waals surface area contributed by atoms with Crippen LogP contribution in [0.15, 0.2) is 42.5 Å². The molecule has 0 spiro atoms. The van der Waals surface area contributed by atoms with Crippen LogP contribution in [0.1, 0.15) is 15.9 Å². The van der Waals surface area contributed by atoms with Crippen LogP contribution in [-0.2, 0) is 6.42 Å². The summed E-state index contributed by atoms with van der Waals surface area (Å²) in [6.45, 7) is -0.0602. The first-order valence-corrected chi connectivity index (χ1v) is 6.02. The molecule has 2 aromatic rings. The molecule has 0 saturated carbocycles. The van der Waals surface area contributed by atoms with Crippen LogP contribution >= 0.6 is 0 Å². The molecular weight excluding hydrogens is 263 g/mol. The lowest BCUT2D eigenvalue weighted by Gasteiger charge is -2.12. The van der Waals surface area contributed by atoms with E-state index in [2.05, 4.69) is 0 Å². The number of rotatable bonds is 5. The van der Waals surface area contributed by atoms with Crippen LogP contribution in [0, 0.1) is 5.82 Å². The van der Waals surface area contributed by atoms with Gasteiger partial charge in [-0.05, 0) is 30.2 Å². The SMILES string of the molecule is O=C(O)c1c(F)cccc1Oc1ccccc1CCO. The molecule has 2 N–H and O–H groups in total. The van der Waals surface area contributed by atoms with Crippen molar-refractivity contribution in [2.45, 2.75) is 6.42 Å². The fourth-order valence-electron chi connectivity index (χ4n) is 1.85. The van der Waals surface area contributed by atoms with Crippen LogP contribution in [0.3, 0.4) is 0 Å². The molecule has 0 fully saturated rings. The van der Waals surface area contributed by atoms with Gasteiger partial charge in [0.1, 0.15) is 22.9 Å². The highest BCUT2D eigenvalue weighted by atomic mass is 19.1. The zero-order chi connectivity index (χ0) is 14.5. The largest absolute Gasteiger partial charge is 0.477 e. The van der Waals surface area contributed by atoms with E-state index in [1.807, 2.05) is 0 Å². The van der Waals surface area contributed by atoms with Crippen molar-refractivity contribution < 1.29 is 24.1 Å². The maximum Gasteiger partial charge on any atom is 0.342 e. The molecule has 0 unspecified atom stereocenters. The number of benzene rings is 2. The summed E-state index contributed by atoms with van der Waals surface area (Å²) in [5, 5.41) is 18.0. The Hall–Kier alpha value is -2.40. The summed E-state index contributed by atoms with van der Waals surface area (Å²) in [6.07, 6.45) is 0.369. The monoisotopic (exact) mass is 276 g/mol. The van der Waals surface area contributed by atoms with Gasteiger partial charge >= 0.3 is 5.97 Å². The first-order chi connectivity index (χ1) is 9.63. The molecule has 2 aromatic carbocycles. The van der Waals surface area contributed by atoms with Gasteiger partial charge in [-0.2, -0.15) is 0 Å². The second-order valence-electron chi connectivity index (χ2n) is 4.10. The van der Waals surface area contributed by atoms with Gasteiger partial charge in [-0.3, -0.25) is 0 Å². The van der Waals surface area contributed by atoms with Gasteiger partial charge in [0.25, 0.3) is 0 Å². The third-order valence-electron chi connectivity index (χ3n) is 2.76. The average Bonchev–Trinajstić information content (AvgIpc) is 2.41. The summed E-state index contributed by atoms with van der Waals surface area (Å²) < 4.78 is 19.1. The number of carbonyl (C=O) groups is 1. The van der Waals surface area contributed by atoms with E-state index < -0.39 is 17.3 Å². The highest BCUT2D eigenvalue weighted by molar-refractivity contribution is 5.91. The van der Waals surface area contributed by atoms with Gasteiger partial charge in [0.05, 0.1) is 0 Å². The Balaban J connectivity index is 2.40. The topological polar surface area (TPSA) is 66.8 Å². The van der Waals surface area contributed by atoms with Crippen molar-refractivity contribution in [3.05, 3.63) is 59.4 Å². The number of carboxylic acid groups (broad SMARTS) is 1. The predicted octanol–water partition coefficient (Wildman–Crippen LogP) is 2.85. The molecule has 0 atom stereocenters. The summed E-state index contributed by atoms with van der Waals surface area (Å²) in [5.41, 5.74) is 0.210. The second kappa shape index (κ2) is 6.16. The molecule has 0 radical (unpaired) electrons. The minimum atomic E-state index is -1.39. The van der Waals surface area contributed by atoms with Gasteiger partial charge in [-0.1, -0.05) is 24.3 Å². The predicted molar refractivity (Wildman–Crippen MR) is 70.7 cm³/mol. The van der Waals surface area contributed by atoms with E-state index in [0.29, 0.717) is 12.2 Å². The number of aliphatic hydroxyl groups is 1. The minimum Gasteiger partial charge on any atom is -0.477 e. The molecule has 104 valence electrons. The summed E-state index contributed by atoms with van der Waals surface area (Å²) in [5.74, 6) is -1.91. The smallest absolute Gasteiger partial charge is 0.342 e. The zero-order valence-corrected chi connectivity index (χ0v) is 10.5. The third kappa shape index (κ3) is 2.95. The zero-order valence-electron chi connectivity index (χ0n) is 10.5. The Morgan fingerprint density at radius 2 is 1.80 bits per heavy atom. The van der Waals surface area contributed by atoms with E-state index in [0.717, 1.165) is 11.6 Å². The van der Waals surface area contributed by atoms with E-state index in [-0.39, 0.29) is 12.4 Å². The highest BCUT2D eigenvalue weighted by Gasteiger charge is 2.18. The maximum atomic E-state index is 13.6. The molecule has 20 heavy (non-hydrogen) atoms. The number of aliphatic hydroxyl groups excluding tert-OH is 1. The van der Waals surface area contributed by atoms with E-state index in [1.54, 1.807) is 24.3 Å². The summed E-state index contributed by atoms with van der Waals surface area (Å²) in [7, 11) is 0. The fourth-order valence-corrected chi connectivity index (χ4v) is 1.85. The highest BCUT2D eigenvalue weighted by Crippen LogP contribution is 2.29. The Labute approximate surface area is 115 Å². The van der Waals surface area contributed by atoms with Crippen molar-refractivity contribution in [3.8, 4) is 11.5 Å². The van der Waals surface area contributed by atoms with Crippen molar-refractivity contribution in [1.82, 2.24) is 0 Å². The Bertz CT molecular complexity index is 625. The number of halogens is 1. The van der Waals surface area contributed by atoms with Crippen molar-refractivity contribution in [2.24, 2.45) is 0 Å². The molecule has 0 amide bonds. The van der Waals surface area contributed by atoms with Crippen LogP contribution < -0.4 is 4.74 Å². The van der Waals surface area contributed by atoms with Gasteiger partial charge in [-0.15, -0.1) is 0 Å². The van der Waals surface area contributed by atoms with Crippen molar-refractivity contribution in [1.29, 1.82) is 0 Å². The second-order valence-corrected chi connectivity index (χ2v) is 4.10. The molecule has 0 saturated heterocycles. The Morgan fingerprint density at radius 3 is 2.50 bits per heavy atom. The molecule has 4 nitrogen and oxygen atoms in total. The number of hydrogen-bond acceptors (Lipinski definition) is 3. The third-order valence-corrected chi connectivity index (χ3v) is 2.76. The number of hydrogen-bond donors (Lipinski definition) is 2. The lowest BCUT2D eigenvalue weighted by atomic mass is 10.1. The first kappa shape index (κ1) is 14.0. The number of para-hydroxylation sites is 1. The summed E-state index contributed by atoms with van der Waals surface area (Å²) in [6, 6.07) is 10.7. The normalized spacial score (nSPS) is 10.3. The van der Waals surface area contributed by atoms with Crippen LogP contribution in [0.4, 0.5) is 4.39 Å². The quantitative estimate of drug-likeness (QED) is 0.881. The van der Waals surface area contributed by atoms with Gasteiger partial charge in [0.15, 0.2) is 0 Å². The molecule has 0 aromatic heterocycles. The summed E-state index contributed by atoms with van der Waals surface area (Å²) >= 11 is 0. The lowest BCUT2D eigenvalue weighted by molar-refractivity contribution is 0.0689. The molecular formula is C15H13FO4. The molecule has 0 heterocycles. The van der Waals surface area contributed by atoms with Crippen molar-refractivity contribution in [2.75, 3.05) is 6.61 Å². The van der Waals surface area contributed by atoms with Gasteiger partial charge < -0.3 is 14.9 Å². The van der Waals surface area contributed by atoms with E-state index in [4.69, 9.17) is 14.9 Å². The standard InChI is InChI=1S/C15H13FO4/c16-11-5-3-7-13(14(11)15(18)19)20-12-6-2-1-4-10(12)8-9-17/h1-7,17H,8-9H2,(H,18,19). The maximum absolute atomic E-state index is 13.6. The molecule has 0 aliphatic rings. The Morgan fingerprint density at radius 1 is 1.10 bits per heavy atom. The molecule has 5 heteroatoms. The average molecular weight is 276 g/mol. The minimum absolute atomic E-state index is 0.0602. The van der Waals surface area contributed by atoms with Crippen molar-refractivity contribution >= 4 is 5.97 Å². The number of aromatic carboxylic acids is 1. The van der Waals surface area contributed by atoms with E-state index in [1.165, 1.54) is 12.1 Å². The molecule has 0 aliphatic carbocycles. The Kier molecular flexibility index (Phi) is 4.32. The molecule has 0 aliphatic heterocycles. The lowest BCUT2D eigenvalue weighted by Crippen LogP contribution is -2.04. The fraction of sp³-hybridized carbons (Fsp3) is 0.133. The van der Waals surface area contributed by atoms with Gasteiger partial charge in [0, 0.05) is 6.61 Å². The van der Waals surface area contributed by atoms with E-state index in [9.17, 15) is 9.18 Å². The molecule has 2 rings (SSSR count). The van der Waals surface area contributed by atoms with Gasteiger partial charge in [-0.25, -0.2) is 9.18 Å². The molecule has 0 bridgehead atoms. The van der Waals surface area contributed by atoms with Crippen LogP contribution in [0.5, 0.6) is 11.5 Å². The summed E-state index contributed by atoms with van der Waals surface area (Å²) in [4.78, 5) is 11.1. The van der Waals surface area contributed by atoms with Crippen molar-refractivity contribution in [3.63, 3.8) is 0 Å². The van der Waals surface area contributed by atoms with E-state index >= 15 is 0 Å².